The van der Waals surface area contributed by atoms with Crippen LogP contribution < -0.4 is 0 Å². The Kier molecular flexibility index (Phi) is 6.44. The second-order valence-corrected chi connectivity index (χ2v) is 9.74. The van der Waals surface area contributed by atoms with Gasteiger partial charge < -0.3 is 9.47 Å². The molecule has 0 unspecified atom stereocenters. The highest BCUT2D eigenvalue weighted by molar-refractivity contribution is 9.10. The van der Waals surface area contributed by atoms with Gasteiger partial charge in [0.05, 0.1) is 19.1 Å². The van der Waals surface area contributed by atoms with E-state index < -0.39 is 0 Å². The molecule has 2 aliphatic heterocycles. The largest absolute Gasteiger partial charge is 0.469 e. The molecule has 2 aromatic rings. The van der Waals surface area contributed by atoms with Crippen LogP contribution in [-0.2, 0) is 14.3 Å². The number of esters is 1. The molecule has 4 rings (SSSR count). The fourth-order valence-corrected chi connectivity index (χ4v) is 5.33. The fraction of sp³-hybridized carbons (Fsp3) is 0.435. The summed E-state index contributed by atoms with van der Waals surface area (Å²) in [4.78, 5) is 15.1. The van der Waals surface area contributed by atoms with Gasteiger partial charge in [0, 0.05) is 21.0 Å². The molecule has 0 saturated carbocycles. The molecule has 2 heterocycles. The van der Waals surface area contributed by atoms with Crippen molar-refractivity contribution >= 4 is 37.8 Å². The highest BCUT2D eigenvalue weighted by atomic mass is 79.9. The van der Waals surface area contributed by atoms with Gasteiger partial charge in [-0.2, -0.15) is 0 Å². The number of fused-ring (bicyclic) bond motifs is 2. The Balaban J connectivity index is 1.68. The smallest absolute Gasteiger partial charge is 0.312 e. The summed E-state index contributed by atoms with van der Waals surface area (Å²) in [5.41, 5.74) is 2.15. The Morgan fingerprint density at radius 2 is 1.55 bits per heavy atom. The van der Waals surface area contributed by atoms with E-state index in [0.29, 0.717) is 6.04 Å². The van der Waals surface area contributed by atoms with E-state index in [2.05, 4.69) is 68.1 Å². The minimum Gasteiger partial charge on any atom is -0.469 e. The van der Waals surface area contributed by atoms with Crippen molar-refractivity contribution < 1.29 is 14.3 Å². The molecule has 2 bridgehead atoms. The lowest BCUT2D eigenvalue weighted by molar-refractivity contribution is -0.162. The van der Waals surface area contributed by atoms with E-state index in [0.717, 1.165) is 39.3 Å². The van der Waals surface area contributed by atoms with Crippen molar-refractivity contribution in [1.82, 2.24) is 4.90 Å². The molecule has 154 valence electrons. The van der Waals surface area contributed by atoms with Gasteiger partial charge in [0.25, 0.3) is 0 Å². The topological polar surface area (TPSA) is 38.8 Å². The third kappa shape index (κ3) is 4.31. The molecule has 0 N–H and O–H groups in total. The van der Waals surface area contributed by atoms with E-state index in [1.807, 2.05) is 24.3 Å². The van der Waals surface area contributed by atoms with Crippen molar-refractivity contribution in [3.05, 3.63) is 68.6 Å². The van der Waals surface area contributed by atoms with E-state index >= 15 is 0 Å². The lowest BCUT2D eigenvalue weighted by Gasteiger charge is -2.42. The van der Waals surface area contributed by atoms with Gasteiger partial charge in [0.2, 0.25) is 0 Å². The highest BCUT2D eigenvalue weighted by Crippen LogP contribution is 2.42. The van der Waals surface area contributed by atoms with Crippen LogP contribution in [0.2, 0.25) is 0 Å². The molecule has 29 heavy (non-hydrogen) atoms. The maximum absolute atomic E-state index is 12.7. The van der Waals surface area contributed by atoms with Crippen LogP contribution in [0.4, 0.5) is 0 Å². The third-order valence-electron chi connectivity index (χ3n) is 6.34. The molecule has 2 aromatic carbocycles. The van der Waals surface area contributed by atoms with Crippen molar-refractivity contribution in [2.24, 2.45) is 5.92 Å². The first-order chi connectivity index (χ1) is 14.0. The number of hydrogen-bond acceptors (Lipinski definition) is 4. The van der Waals surface area contributed by atoms with Crippen LogP contribution in [-0.4, -0.2) is 43.2 Å². The van der Waals surface area contributed by atoms with Crippen molar-refractivity contribution in [1.29, 1.82) is 0 Å². The molecule has 2 aliphatic rings. The van der Waals surface area contributed by atoms with Crippen molar-refractivity contribution in [2.45, 2.75) is 43.6 Å². The summed E-state index contributed by atoms with van der Waals surface area (Å²) >= 11 is 7.03. The minimum absolute atomic E-state index is 0.169. The molecular weight excluding hydrogens is 498 g/mol. The van der Waals surface area contributed by atoms with Crippen LogP contribution in [0.1, 0.15) is 36.5 Å². The molecule has 0 aromatic heterocycles. The van der Waals surface area contributed by atoms with Gasteiger partial charge in [-0.15, -0.1) is 0 Å². The number of hydrogen-bond donors (Lipinski definition) is 0. The van der Waals surface area contributed by atoms with Crippen LogP contribution in [0.5, 0.6) is 0 Å². The number of piperidine rings is 1. The van der Waals surface area contributed by atoms with Gasteiger partial charge in [-0.05, 0) is 61.7 Å². The van der Waals surface area contributed by atoms with Crippen LogP contribution in [0.3, 0.4) is 0 Å². The highest BCUT2D eigenvalue weighted by Gasteiger charge is 2.50. The summed E-state index contributed by atoms with van der Waals surface area (Å²) in [6.07, 6.45) is 2.55. The standard InChI is InChI=1S/C23H25Br2NO3/c1-26-18-11-12-19(26)21(23(27)28-2)20(13-18)29-22(14-3-7-16(24)8-4-14)15-5-9-17(25)10-6-15/h3-10,18-22H,11-13H2,1-2H3/t18-,19+,20+,21+/m1/s1. The van der Waals surface area contributed by atoms with Gasteiger partial charge in [0.1, 0.15) is 6.10 Å². The van der Waals surface area contributed by atoms with Crippen LogP contribution >= 0.6 is 31.9 Å². The van der Waals surface area contributed by atoms with Gasteiger partial charge in [-0.3, -0.25) is 9.69 Å². The third-order valence-corrected chi connectivity index (χ3v) is 7.40. The first kappa shape index (κ1) is 21.0. The SMILES string of the molecule is COC(=O)[C@@H]1[C@@H](OC(c2ccc(Br)cc2)c2ccc(Br)cc2)C[C@H]2CC[C@@H]1N2C. The van der Waals surface area contributed by atoms with E-state index in [-0.39, 0.29) is 30.1 Å². The summed E-state index contributed by atoms with van der Waals surface area (Å²) in [5.74, 6) is -0.435. The predicted octanol–water partition coefficient (Wildman–Crippen LogP) is 5.34. The maximum Gasteiger partial charge on any atom is 0.312 e. The Morgan fingerprint density at radius 3 is 2.07 bits per heavy atom. The van der Waals surface area contributed by atoms with E-state index in [4.69, 9.17) is 9.47 Å². The monoisotopic (exact) mass is 521 g/mol. The molecule has 0 spiro atoms. The normalized spacial score (nSPS) is 26.7. The Morgan fingerprint density at radius 1 is 1.00 bits per heavy atom. The quantitative estimate of drug-likeness (QED) is 0.497. The zero-order chi connectivity index (χ0) is 20.5. The molecule has 6 heteroatoms. The fourth-order valence-electron chi connectivity index (χ4n) is 4.81. The second kappa shape index (κ2) is 8.88. The summed E-state index contributed by atoms with van der Waals surface area (Å²) < 4.78 is 14.0. The lowest BCUT2D eigenvalue weighted by atomic mass is 9.87. The Bertz CT molecular complexity index is 810. The van der Waals surface area contributed by atoms with Crippen molar-refractivity contribution in [3.8, 4) is 0 Å². The first-order valence-corrected chi connectivity index (χ1v) is 11.5. The number of methoxy groups -OCH3 is 1. The second-order valence-electron chi connectivity index (χ2n) is 7.91. The van der Waals surface area contributed by atoms with Crippen LogP contribution in [0.15, 0.2) is 57.5 Å². The number of halogens is 2. The average Bonchev–Trinajstić information content (AvgIpc) is 2.96. The predicted molar refractivity (Wildman–Crippen MR) is 120 cm³/mol. The molecule has 2 fully saturated rings. The Labute approximate surface area is 188 Å². The van der Waals surface area contributed by atoms with E-state index in [9.17, 15) is 4.79 Å². The van der Waals surface area contributed by atoms with Crippen LogP contribution in [0.25, 0.3) is 0 Å². The summed E-state index contributed by atoms with van der Waals surface area (Å²) in [7, 11) is 3.59. The number of rotatable bonds is 5. The first-order valence-electron chi connectivity index (χ1n) is 9.94. The molecule has 0 aliphatic carbocycles. The Hall–Kier alpha value is -1.21. The van der Waals surface area contributed by atoms with Gasteiger partial charge in [-0.1, -0.05) is 56.1 Å². The van der Waals surface area contributed by atoms with Crippen molar-refractivity contribution in [3.63, 3.8) is 0 Å². The zero-order valence-electron chi connectivity index (χ0n) is 16.6. The zero-order valence-corrected chi connectivity index (χ0v) is 19.7. The number of nitrogens with zero attached hydrogens (tertiary/aromatic N) is 1. The van der Waals surface area contributed by atoms with Crippen LogP contribution in [0, 0.1) is 5.92 Å². The maximum atomic E-state index is 12.7. The van der Waals surface area contributed by atoms with Crippen molar-refractivity contribution in [2.75, 3.05) is 14.2 Å². The lowest BCUT2D eigenvalue weighted by Crippen LogP contribution is -2.53. The van der Waals surface area contributed by atoms with Gasteiger partial charge >= 0.3 is 5.97 Å². The molecule has 0 amide bonds. The molecular formula is C23H25Br2NO3. The number of carbonyl (C=O) groups is 1. The van der Waals surface area contributed by atoms with Gasteiger partial charge in [0.15, 0.2) is 0 Å². The summed E-state index contributed by atoms with van der Waals surface area (Å²) in [6.45, 7) is 0. The number of benzene rings is 2. The minimum atomic E-state index is -0.267. The summed E-state index contributed by atoms with van der Waals surface area (Å²) in [6, 6.07) is 17.1. The molecule has 4 atom stereocenters. The number of carbonyl (C=O) groups excluding carboxylic acids is 1. The number of ether oxygens (including phenoxy) is 2. The summed E-state index contributed by atoms with van der Waals surface area (Å²) in [5, 5.41) is 0. The molecule has 0 radical (unpaired) electrons. The molecule has 4 nitrogen and oxygen atoms in total. The van der Waals surface area contributed by atoms with E-state index in [1.54, 1.807) is 0 Å². The molecule has 2 saturated heterocycles. The average molecular weight is 523 g/mol. The van der Waals surface area contributed by atoms with Gasteiger partial charge in [-0.25, -0.2) is 0 Å². The van der Waals surface area contributed by atoms with E-state index in [1.165, 1.54) is 7.11 Å².